The van der Waals surface area contributed by atoms with Crippen LogP contribution in [0.2, 0.25) is 0 Å². The lowest BCUT2D eigenvalue weighted by molar-refractivity contribution is 1.04. The highest BCUT2D eigenvalue weighted by Gasteiger charge is 2.04. The fourth-order valence-electron chi connectivity index (χ4n) is 2.25. The molecule has 0 fully saturated rings. The first kappa shape index (κ1) is 15.1. The average Bonchev–Trinajstić information content (AvgIpc) is 2.90. The van der Waals surface area contributed by atoms with Gasteiger partial charge in [0.2, 0.25) is 0 Å². The van der Waals surface area contributed by atoms with E-state index in [1.807, 2.05) is 36.4 Å². The molecule has 0 bridgehead atoms. The summed E-state index contributed by atoms with van der Waals surface area (Å²) in [6, 6.07) is 18.4. The van der Waals surface area contributed by atoms with E-state index in [9.17, 15) is 0 Å². The van der Waals surface area contributed by atoms with Crippen LogP contribution in [0, 0.1) is 6.92 Å². The summed E-state index contributed by atoms with van der Waals surface area (Å²) in [6.07, 6.45) is 0. The van der Waals surface area contributed by atoms with Crippen LogP contribution in [0.4, 0.5) is 0 Å². The van der Waals surface area contributed by atoms with Crippen LogP contribution in [0.3, 0.4) is 0 Å². The molecule has 0 spiro atoms. The summed E-state index contributed by atoms with van der Waals surface area (Å²) in [6.45, 7) is 2.69. The molecule has 1 aromatic heterocycles. The zero-order valence-electron chi connectivity index (χ0n) is 11.8. The van der Waals surface area contributed by atoms with Crippen molar-refractivity contribution < 1.29 is 0 Å². The van der Waals surface area contributed by atoms with Gasteiger partial charge in [-0.25, -0.2) is 0 Å². The maximum absolute atomic E-state index is 6.08. The third-order valence-corrected chi connectivity index (χ3v) is 3.49. The van der Waals surface area contributed by atoms with Gasteiger partial charge >= 0.3 is 0 Å². The van der Waals surface area contributed by atoms with E-state index in [-0.39, 0.29) is 12.4 Å². The van der Waals surface area contributed by atoms with Crippen molar-refractivity contribution in [1.82, 2.24) is 4.98 Å². The summed E-state index contributed by atoms with van der Waals surface area (Å²) < 4.78 is 0. The van der Waals surface area contributed by atoms with E-state index >= 15 is 0 Å². The lowest BCUT2D eigenvalue weighted by atomic mass is 10.1. The number of aromatic nitrogens is 1. The number of halogens is 1. The van der Waals surface area contributed by atoms with Gasteiger partial charge in [-0.2, -0.15) is 0 Å². The smallest absolute Gasteiger partial charge is 0.142 e. The van der Waals surface area contributed by atoms with Crippen molar-refractivity contribution in [2.24, 2.45) is 10.7 Å². The first-order valence-electron chi connectivity index (χ1n) is 6.66. The van der Waals surface area contributed by atoms with Crippen molar-refractivity contribution in [2.75, 3.05) is 0 Å². The number of benzene rings is 2. The second-order valence-electron chi connectivity index (χ2n) is 4.90. The Bertz CT molecular complexity index is 741. The van der Waals surface area contributed by atoms with Gasteiger partial charge in [0.05, 0.1) is 12.2 Å². The van der Waals surface area contributed by atoms with Crippen LogP contribution in [0.5, 0.6) is 0 Å². The zero-order chi connectivity index (χ0) is 13.9. The Balaban J connectivity index is 0.00000161. The molecular weight excluding hydrogens is 282 g/mol. The molecule has 21 heavy (non-hydrogen) atoms. The van der Waals surface area contributed by atoms with Crippen LogP contribution in [-0.2, 0) is 6.54 Å². The molecule has 1 heterocycles. The minimum Gasteiger partial charge on any atom is -0.382 e. The highest BCUT2D eigenvalue weighted by atomic mass is 35.5. The Morgan fingerprint density at radius 2 is 1.81 bits per heavy atom. The number of para-hydroxylation sites is 1. The number of nitrogens with two attached hydrogens (primary N) is 1. The lowest BCUT2D eigenvalue weighted by Gasteiger charge is -2.02. The number of aryl methyl sites for hydroxylation is 1. The summed E-state index contributed by atoms with van der Waals surface area (Å²) in [4.78, 5) is 7.77. The maximum Gasteiger partial charge on any atom is 0.142 e. The molecule has 3 aromatic rings. The number of fused-ring (bicyclic) bond motifs is 1. The number of rotatable bonds is 3. The number of aromatic amines is 1. The summed E-state index contributed by atoms with van der Waals surface area (Å²) in [5.41, 5.74) is 10.5. The van der Waals surface area contributed by atoms with Gasteiger partial charge in [0.25, 0.3) is 0 Å². The van der Waals surface area contributed by atoms with E-state index in [1.165, 1.54) is 11.1 Å². The Morgan fingerprint density at radius 1 is 1.10 bits per heavy atom. The Labute approximate surface area is 130 Å². The SMILES string of the molecule is Cc1ccccc1CN=C(N)c1cc2ccccc2[nH]1.Cl. The summed E-state index contributed by atoms with van der Waals surface area (Å²) in [5.74, 6) is 0.546. The number of nitrogens with zero attached hydrogens (tertiary/aromatic N) is 1. The number of amidine groups is 1. The van der Waals surface area contributed by atoms with Gasteiger partial charge in [-0.1, -0.05) is 42.5 Å². The van der Waals surface area contributed by atoms with Crippen LogP contribution in [0.25, 0.3) is 10.9 Å². The van der Waals surface area contributed by atoms with Crippen molar-refractivity contribution in [3.05, 3.63) is 71.4 Å². The van der Waals surface area contributed by atoms with Crippen LogP contribution in [0.1, 0.15) is 16.8 Å². The van der Waals surface area contributed by atoms with Crippen molar-refractivity contribution in [3.63, 3.8) is 0 Å². The highest BCUT2D eigenvalue weighted by Crippen LogP contribution is 2.15. The predicted octanol–water partition coefficient (Wildman–Crippen LogP) is 3.80. The molecule has 0 amide bonds. The molecule has 0 radical (unpaired) electrons. The first-order chi connectivity index (χ1) is 9.74. The number of H-pyrrole nitrogens is 1. The largest absolute Gasteiger partial charge is 0.382 e. The van der Waals surface area contributed by atoms with E-state index in [0.717, 1.165) is 16.6 Å². The number of hydrogen-bond acceptors (Lipinski definition) is 1. The number of aliphatic imine (C=N–C) groups is 1. The Kier molecular flexibility index (Phi) is 4.66. The third-order valence-electron chi connectivity index (χ3n) is 3.49. The van der Waals surface area contributed by atoms with E-state index in [2.05, 4.69) is 35.1 Å². The highest BCUT2D eigenvalue weighted by molar-refractivity contribution is 6.00. The van der Waals surface area contributed by atoms with Gasteiger partial charge < -0.3 is 10.7 Å². The molecule has 3 rings (SSSR count). The molecule has 3 N–H and O–H groups in total. The van der Waals surface area contributed by atoms with E-state index in [4.69, 9.17) is 5.73 Å². The Hall–Kier alpha value is -2.26. The van der Waals surface area contributed by atoms with Crippen molar-refractivity contribution in [2.45, 2.75) is 13.5 Å². The lowest BCUT2D eigenvalue weighted by Crippen LogP contribution is -2.14. The minimum atomic E-state index is 0. The van der Waals surface area contributed by atoms with E-state index < -0.39 is 0 Å². The van der Waals surface area contributed by atoms with Gasteiger partial charge in [0.15, 0.2) is 0 Å². The van der Waals surface area contributed by atoms with E-state index in [0.29, 0.717) is 12.4 Å². The zero-order valence-corrected chi connectivity index (χ0v) is 12.7. The minimum absolute atomic E-state index is 0. The molecule has 0 aliphatic rings. The Morgan fingerprint density at radius 3 is 2.57 bits per heavy atom. The quantitative estimate of drug-likeness (QED) is 0.561. The third kappa shape index (κ3) is 3.26. The molecule has 4 heteroatoms. The molecule has 0 aliphatic heterocycles. The second-order valence-corrected chi connectivity index (χ2v) is 4.90. The molecule has 0 unspecified atom stereocenters. The number of nitrogens with one attached hydrogen (secondary N) is 1. The summed E-state index contributed by atoms with van der Waals surface area (Å²) >= 11 is 0. The molecule has 0 aliphatic carbocycles. The molecule has 0 atom stereocenters. The van der Waals surface area contributed by atoms with Gasteiger partial charge in [0, 0.05) is 10.9 Å². The fourth-order valence-corrected chi connectivity index (χ4v) is 2.25. The van der Waals surface area contributed by atoms with Gasteiger partial charge in [-0.05, 0) is 30.2 Å². The molecule has 2 aromatic carbocycles. The fraction of sp³-hybridized carbons (Fsp3) is 0.118. The second kappa shape index (κ2) is 6.46. The van der Waals surface area contributed by atoms with Gasteiger partial charge in [-0.3, -0.25) is 4.99 Å². The topological polar surface area (TPSA) is 54.2 Å². The normalized spacial score (nSPS) is 11.4. The van der Waals surface area contributed by atoms with Crippen molar-refractivity contribution >= 4 is 29.1 Å². The van der Waals surface area contributed by atoms with Crippen LogP contribution in [0.15, 0.2) is 59.6 Å². The van der Waals surface area contributed by atoms with Crippen molar-refractivity contribution in [1.29, 1.82) is 0 Å². The molecule has 0 saturated carbocycles. The summed E-state index contributed by atoms with van der Waals surface area (Å²) in [7, 11) is 0. The van der Waals surface area contributed by atoms with Crippen LogP contribution in [-0.4, -0.2) is 10.8 Å². The van der Waals surface area contributed by atoms with Gasteiger partial charge in [-0.15, -0.1) is 12.4 Å². The van der Waals surface area contributed by atoms with Gasteiger partial charge in [0.1, 0.15) is 5.84 Å². The molecular formula is C17H18ClN3. The average molecular weight is 300 g/mol. The van der Waals surface area contributed by atoms with Crippen LogP contribution < -0.4 is 5.73 Å². The first-order valence-corrected chi connectivity index (χ1v) is 6.66. The van der Waals surface area contributed by atoms with Crippen LogP contribution >= 0.6 is 12.4 Å². The molecule has 108 valence electrons. The standard InChI is InChI=1S/C17H17N3.ClH/c1-12-6-2-3-8-14(12)11-19-17(18)16-10-13-7-4-5-9-15(13)20-16;/h2-10,20H,11H2,1H3,(H2,18,19);1H. The molecule has 3 nitrogen and oxygen atoms in total. The predicted molar refractivity (Wildman–Crippen MR) is 91.2 cm³/mol. The monoisotopic (exact) mass is 299 g/mol. The van der Waals surface area contributed by atoms with Crippen molar-refractivity contribution in [3.8, 4) is 0 Å². The molecule has 0 saturated heterocycles. The number of hydrogen-bond donors (Lipinski definition) is 2. The van der Waals surface area contributed by atoms with E-state index in [1.54, 1.807) is 0 Å². The maximum atomic E-state index is 6.08. The summed E-state index contributed by atoms with van der Waals surface area (Å²) in [5, 5.41) is 1.15.